The summed E-state index contributed by atoms with van der Waals surface area (Å²) < 4.78 is 27.8. The molecule has 0 aliphatic carbocycles. The van der Waals surface area contributed by atoms with Crippen LogP contribution in [0, 0.1) is 0 Å². The molecular formula is C22H26ClN3O4S. The molecule has 7 nitrogen and oxygen atoms in total. The van der Waals surface area contributed by atoms with E-state index in [2.05, 4.69) is 10.0 Å². The maximum Gasteiger partial charge on any atom is 0.255 e. The number of carbonyl (C=O) groups excluding carboxylic acids is 2. The van der Waals surface area contributed by atoms with Gasteiger partial charge in [0, 0.05) is 35.4 Å². The van der Waals surface area contributed by atoms with E-state index in [0.29, 0.717) is 11.3 Å². The Morgan fingerprint density at radius 2 is 1.55 bits per heavy atom. The molecule has 1 aliphatic rings. The van der Waals surface area contributed by atoms with E-state index in [1.807, 2.05) is 4.90 Å². The summed E-state index contributed by atoms with van der Waals surface area (Å²) in [6, 6.07) is 10.7. The van der Waals surface area contributed by atoms with Gasteiger partial charge in [0.05, 0.1) is 5.02 Å². The molecule has 0 aromatic heterocycles. The molecule has 1 fully saturated rings. The zero-order chi connectivity index (χ0) is 22.8. The topological polar surface area (TPSA) is 95.6 Å². The first-order chi connectivity index (χ1) is 14.5. The molecule has 1 saturated heterocycles. The molecule has 1 aliphatic heterocycles. The summed E-state index contributed by atoms with van der Waals surface area (Å²) in [5.74, 6) is -0.503. The highest BCUT2D eigenvalue weighted by molar-refractivity contribution is 7.89. The van der Waals surface area contributed by atoms with Gasteiger partial charge < -0.3 is 10.2 Å². The number of rotatable bonds is 5. The number of amides is 2. The number of nitrogens with one attached hydrogen (secondary N) is 2. The van der Waals surface area contributed by atoms with Crippen LogP contribution >= 0.6 is 11.6 Å². The van der Waals surface area contributed by atoms with Crippen LogP contribution in [0.5, 0.6) is 0 Å². The molecule has 31 heavy (non-hydrogen) atoms. The zero-order valence-electron chi connectivity index (χ0n) is 17.7. The quantitative estimate of drug-likeness (QED) is 0.702. The van der Waals surface area contributed by atoms with E-state index >= 15 is 0 Å². The van der Waals surface area contributed by atoms with Gasteiger partial charge in [-0.1, -0.05) is 11.6 Å². The van der Waals surface area contributed by atoms with Gasteiger partial charge in [-0.25, -0.2) is 13.1 Å². The maximum absolute atomic E-state index is 12.7. The van der Waals surface area contributed by atoms with Crippen molar-refractivity contribution in [1.82, 2.24) is 9.62 Å². The number of benzene rings is 2. The standard InChI is InChI=1S/C22H26ClN3O4S/c1-22(2,3)25-31(29,30)19-14-16(8-11-18(19)23)20(27)24-17-9-6-15(7-10-17)21(28)26-12-4-5-13-26/h6-11,14,25H,4-5,12-13H2,1-3H3,(H,24,27). The monoisotopic (exact) mass is 463 g/mol. The van der Waals surface area contributed by atoms with Gasteiger partial charge in [0.25, 0.3) is 11.8 Å². The Morgan fingerprint density at radius 1 is 0.968 bits per heavy atom. The minimum absolute atomic E-state index is 0.0192. The number of hydrogen-bond donors (Lipinski definition) is 2. The lowest BCUT2D eigenvalue weighted by Gasteiger charge is -2.21. The minimum Gasteiger partial charge on any atom is -0.339 e. The van der Waals surface area contributed by atoms with Crippen molar-refractivity contribution in [3.8, 4) is 0 Å². The Morgan fingerprint density at radius 3 is 2.13 bits per heavy atom. The normalized spacial score (nSPS) is 14.5. The van der Waals surface area contributed by atoms with Crippen LogP contribution in [0.3, 0.4) is 0 Å². The van der Waals surface area contributed by atoms with Crippen molar-refractivity contribution in [3.05, 3.63) is 58.6 Å². The molecule has 0 radical (unpaired) electrons. The van der Waals surface area contributed by atoms with Gasteiger partial charge >= 0.3 is 0 Å². The lowest BCUT2D eigenvalue weighted by Crippen LogP contribution is -2.40. The smallest absolute Gasteiger partial charge is 0.255 e. The van der Waals surface area contributed by atoms with Crippen LogP contribution in [0.2, 0.25) is 5.02 Å². The molecule has 0 saturated carbocycles. The fourth-order valence-electron chi connectivity index (χ4n) is 3.31. The van der Waals surface area contributed by atoms with E-state index in [4.69, 9.17) is 11.6 Å². The molecule has 2 N–H and O–H groups in total. The first-order valence-corrected chi connectivity index (χ1v) is 11.9. The minimum atomic E-state index is -3.90. The maximum atomic E-state index is 12.7. The van der Waals surface area contributed by atoms with Gasteiger partial charge in [-0.3, -0.25) is 9.59 Å². The number of sulfonamides is 1. The first kappa shape index (κ1) is 23.2. The Labute approximate surface area is 187 Å². The van der Waals surface area contributed by atoms with Crippen LogP contribution in [-0.2, 0) is 10.0 Å². The highest BCUT2D eigenvalue weighted by Gasteiger charge is 2.25. The molecule has 2 aromatic carbocycles. The fourth-order valence-corrected chi connectivity index (χ4v) is 5.26. The van der Waals surface area contributed by atoms with Crippen molar-refractivity contribution in [2.24, 2.45) is 0 Å². The van der Waals surface area contributed by atoms with E-state index in [9.17, 15) is 18.0 Å². The molecule has 3 rings (SSSR count). The molecule has 1 heterocycles. The summed E-state index contributed by atoms with van der Waals surface area (Å²) in [5.41, 5.74) is 0.508. The molecular weight excluding hydrogens is 438 g/mol. The summed E-state index contributed by atoms with van der Waals surface area (Å²) in [4.78, 5) is 26.8. The second kappa shape index (κ2) is 8.98. The second-order valence-electron chi connectivity index (χ2n) is 8.53. The molecule has 166 valence electrons. The van der Waals surface area contributed by atoms with Gasteiger partial charge in [-0.15, -0.1) is 0 Å². The van der Waals surface area contributed by atoms with Crippen LogP contribution in [0.25, 0.3) is 0 Å². The van der Waals surface area contributed by atoms with E-state index in [0.717, 1.165) is 25.9 Å². The highest BCUT2D eigenvalue weighted by Crippen LogP contribution is 2.25. The van der Waals surface area contributed by atoms with E-state index < -0.39 is 21.5 Å². The molecule has 9 heteroatoms. The Kier molecular flexibility index (Phi) is 6.73. The molecule has 2 amide bonds. The number of anilines is 1. The summed E-state index contributed by atoms with van der Waals surface area (Å²) in [6.07, 6.45) is 2.04. The van der Waals surface area contributed by atoms with Crippen molar-refractivity contribution >= 4 is 39.1 Å². The lowest BCUT2D eigenvalue weighted by molar-refractivity contribution is 0.0792. The van der Waals surface area contributed by atoms with Crippen LogP contribution in [0.1, 0.15) is 54.3 Å². The Bertz CT molecular complexity index is 1090. The highest BCUT2D eigenvalue weighted by atomic mass is 35.5. The van der Waals surface area contributed by atoms with Crippen molar-refractivity contribution in [1.29, 1.82) is 0 Å². The summed E-state index contributed by atoms with van der Waals surface area (Å²) in [7, 11) is -3.90. The number of carbonyl (C=O) groups is 2. The third-order valence-electron chi connectivity index (χ3n) is 4.71. The number of hydrogen-bond acceptors (Lipinski definition) is 4. The number of likely N-dealkylation sites (tertiary alicyclic amines) is 1. The SMILES string of the molecule is CC(C)(C)NS(=O)(=O)c1cc(C(=O)Nc2ccc(C(=O)N3CCCC3)cc2)ccc1Cl. The van der Waals surface area contributed by atoms with Crippen LogP contribution in [-0.4, -0.2) is 43.8 Å². The van der Waals surface area contributed by atoms with Gasteiger partial charge in [-0.2, -0.15) is 0 Å². The summed E-state index contributed by atoms with van der Waals surface area (Å²) in [6.45, 7) is 6.68. The number of halogens is 1. The largest absolute Gasteiger partial charge is 0.339 e. The Hall–Kier alpha value is -2.42. The average Bonchev–Trinajstić information content (AvgIpc) is 3.21. The van der Waals surface area contributed by atoms with Crippen molar-refractivity contribution < 1.29 is 18.0 Å². The van der Waals surface area contributed by atoms with E-state index in [-0.39, 0.29) is 21.4 Å². The molecule has 2 aromatic rings. The van der Waals surface area contributed by atoms with E-state index in [1.165, 1.54) is 18.2 Å². The number of nitrogens with zero attached hydrogens (tertiary/aromatic N) is 1. The Balaban J connectivity index is 1.75. The van der Waals surface area contributed by atoms with Gasteiger partial charge in [-0.05, 0) is 76.1 Å². The van der Waals surface area contributed by atoms with Gasteiger partial charge in [0.2, 0.25) is 10.0 Å². The zero-order valence-corrected chi connectivity index (χ0v) is 19.3. The summed E-state index contributed by atoms with van der Waals surface area (Å²) in [5, 5.41) is 2.74. The van der Waals surface area contributed by atoms with Gasteiger partial charge in [0.15, 0.2) is 0 Å². The van der Waals surface area contributed by atoms with Crippen LogP contribution in [0.15, 0.2) is 47.4 Å². The third-order valence-corrected chi connectivity index (χ3v) is 6.95. The van der Waals surface area contributed by atoms with Crippen molar-refractivity contribution in [3.63, 3.8) is 0 Å². The fraction of sp³-hybridized carbons (Fsp3) is 0.364. The van der Waals surface area contributed by atoms with Gasteiger partial charge in [0.1, 0.15) is 4.90 Å². The molecule has 0 atom stereocenters. The molecule has 0 bridgehead atoms. The second-order valence-corrected chi connectivity index (χ2v) is 10.6. The molecule has 0 unspecified atom stereocenters. The summed E-state index contributed by atoms with van der Waals surface area (Å²) >= 11 is 6.09. The predicted molar refractivity (Wildman–Crippen MR) is 121 cm³/mol. The van der Waals surface area contributed by atoms with Crippen LogP contribution in [0.4, 0.5) is 5.69 Å². The average molecular weight is 464 g/mol. The van der Waals surface area contributed by atoms with Crippen LogP contribution < -0.4 is 10.0 Å². The van der Waals surface area contributed by atoms with E-state index in [1.54, 1.807) is 45.0 Å². The van der Waals surface area contributed by atoms with Crippen molar-refractivity contribution in [2.75, 3.05) is 18.4 Å². The predicted octanol–water partition coefficient (Wildman–Crippen LogP) is 3.91. The third kappa shape index (κ3) is 5.84. The van der Waals surface area contributed by atoms with Crippen molar-refractivity contribution in [2.45, 2.75) is 44.0 Å². The first-order valence-electron chi connectivity index (χ1n) is 10.0. The molecule has 0 spiro atoms. The lowest BCUT2D eigenvalue weighted by atomic mass is 10.1.